The average molecular weight is 441 g/mol. The molecule has 4 nitrogen and oxygen atoms in total. The van der Waals surface area contributed by atoms with Gasteiger partial charge in [0.2, 0.25) is 6.79 Å². The van der Waals surface area contributed by atoms with Gasteiger partial charge in [0.05, 0.1) is 27.1 Å². The lowest BCUT2D eigenvalue weighted by Crippen LogP contribution is -2.40. The number of esters is 1. The first-order valence-corrected chi connectivity index (χ1v) is 12.2. The maximum absolute atomic E-state index is 12.1. The zero-order valence-electron chi connectivity index (χ0n) is 20.4. The molecule has 0 bridgehead atoms. The molecule has 0 N–H and O–H groups in total. The van der Waals surface area contributed by atoms with Gasteiger partial charge >= 0.3 is 5.97 Å². The summed E-state index contributed by atoms with van der Waals surface area (Å²) in [6, 6.07) is 18.5. The third-order valence-corrected chi connectivity index (χ3v) is 5.81. The zero-order chi connectivity index (χ0) is 23.1. The number of aryl methyl sites for hydroxylation is 1. The van der Waals surface area contributed by atoms with Crippen molar-refractivity contribution in [3.63, 3.8) is 0 Å². The number of ether oxygens (including phenoxy) is 2. The molecule has 0 saturated carbocycles. The van der Waals surface area contributed by atoms with Crippen LogP contribution in [0.1, 0.15) is 69.4 Å². The fourth-order valence-electron chi connectivity index (χ4n) is 3.82. The van der Waals surface area contributed by atoms with Gasteiger partial charge in [0, 0.05) is 5.56 Å². The van der Waals surface area contributed by atoms with Gasteiger partial charge in [0.15, 0.2) is 0 Å². The van der Waals surface area contributed by atoms with Gasteiger partial charge in [-0.15, -0.1) is 0 Å². The summed E-state index contributed by atoms with van der Waals surface area (Å²) >= 11 is 0. The minimum absolute atomic E-state index is 0.0396. The first-order chi connectivity index (χ1) is 15.5. The standard InChI is InChI=1S/C28H42NO3/c1-4-5-6-7-8-9-11-14-25-17-19-27(20-18-25)31-24-32-28(30)21-22-29(2,3)23-26-15-12-10-13-16-26/h10,12-13,15-20H,4-9,11,14,21-24H2,1-3H3/q+1. The van der Waals surface area contributed by atoms with Crippen molar-refractivity contribution in [2.45, 2.75) is 71.3 Å². The van der Waals surface area contributed by atoms with E-state index in [0.29, 0.717) is 6.42 Å². The molecule has 0 aliphatic heterocycles. The van der Waals surface area contributed by atoms with Crippen LogP contribution in [-0.2, 0) is 22.5 Å². The highest BCUT2D eigenvalue weighted by atomic mass is 16.7. The number of hydrogen-bond acceptors (Lipinski definition) is 3. The van der Waals surface area contributed by atoms with Crippen molar-refractivity contribution in [1.29, 1.82) is 0 Å². The van der Waals surface area contributed by atoms with Crippen LogP contribution in [0.4, 0.5) is 0 Å². The molecule has 0 radical (unpaired) electrons. The van der Waals surface area contributed by atoms with Gasteiger partial charge in [0.1, 0.15) is 12.3 Å². The molecular formula is C28H42NO3+. The van der Waals surface area contributed by atoms with Crippen molar-refractivity contribution in [2.24, 2.45) is 0 Å². The van der Waals surface area contributed by atoms with Crippen molar-refractivity contribution in [3.8, 4) is 5.75 Å². The van der Waals surface area contributed by atoms with Gasteiger partial charge in [-0.1, -0.05) is 87.9 Å². The Morgan fingerprint density at radius 1 is 0.812 bits per heavy atom. The van der Waals surface area contributed by atoms with Crippen LogP contribution in [0.3, 0.4) is 0 Å². The molecule has 0 saturated heterocycles. The summed E-state index contributed by atoms with van der Waals surface area (Å²) in [5.41, 5.74) is 2.60. The first kappa shape index (κ1) is 25.9. The second-order valence-corrected chi connectivity index (χ2v) is 9.35. The van der Waals surface area contributed by atoms with Gasteiger partial charge in [0.25, 0.3) is 0 Å². The van der Waals surface area contributed by atoms with E-state index in [-0.39, 0.29) is 12.8 Å². The third-order valence-electron chi connectivity index (χ3n) is 5.81. The highest BCUT2D eigenvalue weighted by Crippen LogP contribution is 2.16. The van der Waals surface area contributed by atoms with Crippen LogP contribution in [-0.4, -0.2) is 37.9 Å². The molecular weight excluding hydrogens is 398 g/mol. The zero-order valence-corrected chi connectivity index (χ0v) is 20.4. The number of nitrogens with zero attached hydrogens (tertiary/aromatic N) is 1. The fraction of sp³-hybridized carbons (Fsp3) is 0.536. The maximum Gasteiger partial charge on any atom is 0.314 e. The van der Waals surface area contributed by atoms with Crippen LogP contribution in [0.25, 0.3) is 0 Å². The lowest BCUT2D eigenvalue weighted by atomic mass is 10.0. The molecule has 0 spiro atoms. The molecule has 2 rings (SSSR count). The van der Waals surface area contributed by atoms with Crippen LogP contribution in [0.5, 0.6) is 5.75 Å². The number of carbonyl (C=O) groups excluding carboxylic acids is 1. The third kappa shape index (κ3) is 11.3. The molecule has 0 aliphatic carbocycles. The molecule has 4 heteroatoms. The number of quaternary nitrogens is 1. The maximum atomic E-state index is 12.1. The lowest BCUT2D eigenvalue weighted by Gasteiger charge is -2.29. The van der Waals surface area contributed by atoms with E-state index in [1.165, 1.54) is 56.1 Å². The summed E-state index contributed by atoms with van der Waals surface area (Å²) in [5, 5.41) is 0. The van der Waals surface area contributed by atoms with E-state index < -0.39 is 0 Å². The van der Waals surface area contributed by atoms with Crippen molar-refractivity contribution in [1.82, 2.24) is 0 Å². The van der Waals surface area contributed by atoms with E-state index in [1.807, 2.05) is 30.3 Å². The van der Waals surface area contributed by atoms with E-state index in [4.69, 9.17) is 9.47 Å². The van der Waals surface area contributed by atoms with Gasteiger partial charge < -0.3 is 14.0 Å². The van der Waals surface area contributed by atoms with Gasteiger partial charge in [-0.25, -0.2) is 0 Å². The molecule has 2 aromatic carbocycles. The minimum Gasteiger partial charge on any atom is -0.457 e. The molecule has 2 aromatic rings. The van der Waals surface area contributed by atoms with E-state index in [2.05, 4.69) is 45.3 Å². The average Bonchev–Trinajstić information content (AvgIpc) is 2.78. The van der Waals surface area contributed by atoms with E-state index in [1.54, 1.807) is 0 Å². The quantitative estimate of drug-likeness (QED) is 0.129. The monoisotopic (exact) mass is 440 g/mol. The summed E-state index contributed by atoms with van der Waals surface area (Å²) in [7, 11) is 4.26. The second-order valence-electron chi connectivity index (χ2n) is 9.35. The molecule has 32 heavy (non-hydrogen) atoms. The highest BCUT2D eigenvalue weighted by molar-refractivity contribution is 5.69. The summed E-state index contributed by atoms with van der Waals surface area (Å²) in [4.78, 5) is 12.1. The van der Waals surface area contributed by atoms with Crippen molar-refractivity contribution < 1.29 is 18.8 Å². The van der Waals surface area contributed by atoms with E-state index >= 15 is 0 Å². The van der Waals surface area contributed by atoms with Crippen LogP contribution in [0.2, 0.25) is 0 Å². The number of unbranched alkanes of at least 4 members (excludes halogenated alkanes) is 6. The Hall–Kier alpha value is -2.33. The number of hydrogen-bond donors (Lipinski definition) is 0. The number of rotatable bonds is 16. The molecule has 0 amide bonds. The summed E-state index contributed by atoms with van der Waals surface area (Å²) in [6.45, 7) is 3.82. The van der Waals surface area contributed by atoms with Gasteiger partial charge in [-0.2, -0.15) is 0 Å². The molecule has 176 valence electrons. The molecule has 0 atom stereocenters. The highest BCUT2D eigenvalue weighted by Gasteiger charge is 2.18. The van der Waals surface area contributed by atoms with Crippen LogP contribution >= 0.6 is 0 Å². The van der Waals surface area contributed by atoms with Crippen molar-refractivity contribution in [2.75, 3.05) is 27.4 Å². The Labute approximate surface area is 195 Å². The predicted octanol–water partition coefficient (Wildman–Crippen LogP) is 6.53. The fourth-order valence-corrected chi connectivity index (χ4v) is 3.82. The van der Waals surface area contributed by atoms with Crippen LogP contribution < -0.4 is 4.74 Å². The normalized spacial score (nSPS) is 11.3. The first-order valence-electron chi connectivity index (χ1n) is 12.2. The van der Waals surface area contributed by atoms with Crippen molar-refractivity contribution >= 4 is 5.97 Å². The second kappa shape index (κ2) is 14.7. The van der Waals surface area contributed by atoms with Gasteiger partial charge in [-0.05, 0) is 30.5 Å². The van der Waals surface area contributed by atoms with Crippen LogP contribution in [0, 0.1) is 0 Å². The lowest BCUT2D eigenvalue weighted by molar-refractivity contribution is -0.903. The molecule has 0 aromatic heterocycles. The Balaban J connectivity index is 1.58. The summed E-state index contributed by atoms with van der Waals surface area (Å²) in [5.74, 6) is 0.515. The topological polar surface area (TPSA) is 35.5 Å². The van der Waals surface area contributed by atoms with Gasteiger partial charge in [-0.3, -0.25) is 4.79 Å². The number of benzene rings is 2. The van der Waals surface area contributed by atoms with E-state index in [0.717, 1.165) is 29.7 Å². The Morgan fingerprint density at radius 3 is 2.16 bits per heavy atom. The SMILES string of the molecule is CCCCCCCCCc1ccc(OCOC(=O)CC[N+](C)(C)Cc2ccccc2)cc1. The predicted molar refractivity (Wildman–Crippen MR) is 131 cm³/mol. The molecule has 0 heterocycles. The summed E-state index contributed by atoms with van der Waals surface area (Å²) in [6.07, 6.45) is 10.8. The number of carbonyl (C=O) groups is 1. The van der Waals surface area contributed by atoms with Crippen LogP contribution in [0.15, 0.2) is 54.6 Å². The minimum atomic E-state index is -0.222. The Bertz CT molecular complexity index is 756. The molecule has 0 fully saturated rings. The Morgan fingerprint density at radius 2 is 1.47 bits per heavy atom. The molecule has 0 unspecified atom stereocenters. The Kier molecular flexibility index (Phi) is 11.9. The molecule has 0 aliphatic rings. The van der Waals surface area contributed by atoms with E-state index in [9.17, 15) is 4.79 Å². The smallest absolute Gasteiger partial charge is 0.314 e. The summed E-state index contributed by atoms with van der Waals surface area (Å²) < 4.78 is 11.6. The van der Waals surface area contributed by atoms with Crippen molar-refractivity contribution in [3.05, 3.63) is 65.7 Å². The largest absolute Gasteiger partial charge is 0.457 e.